The number of esters is 2. The fourth-order valence-electron chi connectivity index (χ4n) is 3.70. The second-order valence-electron chi connectivity index (χ2n) is 9.96. The maximum atomic E-state index is 13.0. The first-order chi connectivity index (χ1) is 15.6. The second kappa shape index (κ2) is 12.5. The van der Waals surface area contributed by atoms with Crippen molar-refractivity contribution >= 4 is 11.9 Å². The Labute approximate surface area is 201 Å². The van der Waals surface area contributed by atoms with Crippen molar-refractivity contribution in [1.29, 1.82) is 0 Å². The van der Waals surface area contributed by atoms with Crippen LogP contribution < -0.4 is 4.74 Å². The molecule has 0 spiro atoms. The number of alkyl halides is 3. The van der Waals surface area contributed by atoms with E-state index in [1.807, 2.05) is 27.7 Å². The Morgan fingerprint density at radius 2 is 1.47 bits per heavy atom. The van der Waals surface area contributed by atoms with E-state index in [1.165, 1.54) is 12.1 Å². The first-order valence-corrected chi connectivity index (χ1v) is 11.8. The van der Waals surface area contributed by atoms with Gasteiger partial charge in [0.05, 0.1) is 17.9 Å². The molecule has 194 valence electrons. The van der Waals surface area contributed by atoms with Gasteiger partial charge in [0.1, 0.15) is 23.6 Å². The van der Waals surface area contributed by atoms with Crippen LogP contribution in [0.2, 0.25) is 0 Å². The van der Waals surface area contributed by atoms with Gasteiger partial charge in [-0.1, -0.05) is 27.7 Å². The molecule has 0 saturated heterocycles. The molecule has 0 aliphatic carbocycles. The summed E-state index contributed by atoms with van der Waals surface area (Å²) in [5.41, 5.74) is -1.42. The molecule has 1 rings (SSSR count). The smallest absolute Gasteiger partial charge is 0.416 e. The van der Waals surface area contributed by atoms with E-state index < -0.39 is 47.4 Å². The highest BCUT2D eigenvalue weighted by Crippen LogP contribution is 2.32. The summed E-state index contributed by atoms with van der Waals surface area (Å²) >= 11 is 0. The number of hydrogen-bond acceptors (Lipinski definition) is 5. The number of rotatable bonds is 11. The lowest BCUT2D eigenvalue weighted by molar-refractivity contribution is -0.168. The molecule has 0 bridgehead atoms. The molecule has 0 amide bonds. The summed E-state index contributed by atoms with van der Waals surface area (Å²) in [6.07, 6.45) is -4.32. The van der Waals surface area contributed by atoms with Crippen LogP contribution in [0.5, 0.6) is 5.75 Å². The third-order valence-electron chi connectivity index (χ3n) is 5.65. The first-order valence-electron chi connectivity index (χ1n) is 11.8. The predicted octanol–water partition coefficient (Wildman–Crippen LogP) is 6.82. The maximum absolute atomic E-state index is 13.0. The Hall–Kier alpha value is -2.25. The summed E-state index contributed by atoms with van der Waals surface area (Å²) in [4.78, 5) is 25.3. The van der Waals surface area contributed by atoms with E-state index in [9.17, 15) is 22.8 Å². The SMILES string of the molecule is CCC(CC)[C@@H](Oc1ccc(C(F)(F)F)cc1)[C@H](C)OC(=O)[C@@H](CC(=O)OC(C)(C)C)C(C)C. The predicted molar refractivity (Wildman–Crippen MR) is 124 cm³/mol. The van der Waals surface area contributed by atoms with E-state index in [0.29, 0.717) is 0 Å². The molecule has 0 saturated carbocycles. The van der Waals surface area contributed by atoms with Gasteiger partial charge in [0.15, 0.2) is 0 Å². The van der Waals surface area contributed by atoms with Crippen molar-refractivity contribution in [3.05, 3.63) is 29.8 Å². The van der Waals surface area contributed by atoms with E-state index in [4.69, 9.17) is 14.2 Å². The maximum Gasteiger partial charge on any atom is 0.416 e. The summed E-state index contributed by atoms with van der Waals surface area (Å²) in [5, 5.41) is 0. The molecular weight excluding hydrogens is 449 g/mol. The minimum absolute atomic E-state index is 0.00782. The van der Waals surface area contributed by atoms with Gasteiger partial charge in [-0.3, -0.25) is 9.59 Å². The summed E-state index contributed by atoms with van der Waals surface area (Å²) < 4.78 is 55.8. The molecule has 0 aromatic heterocycles. The van der Waals surface area contributed by atoms with Crippen molar-refractivity contribution in [1.82, 2.24) is 0 Å². The lowest BCUT2D eigenvalue weighted by Gasteiger charge is -2.32. The average Bonchev–Trinajstić information content (AvgIpc) is 2.70. The normalized spacial score (nSPS) is 15.1. The monoisotopic (exact) mass is 488 g/mol. The van der Waals surface area contributed by atoms with E-state index in [0.717, 1.165) is 25.0 Å². The van der Waals surface area contributed by atoms with E-state index in [2.05, 4.69) is 0 Å². The van der Waals surface area contributed by atoms with Crippen LogP contribution in [-0.2, 0) is 25.2 Å². The molecule has 0 aliphatic heterocycles. The number of halogens is 3. The Kier molecular flexibility index (Phi) is 10.9. The molecule has 0 unspecified atom stereocenters. The Morgan fingerprint density at radius 1 is 0.941 bits per heavy atom. The molecule has 34 heavy (non-hydrogen) atoms. The summed E-state index contributed by atoms with van der Waals surface area (Å²) in [6, 6.07) is 4.47. The Balaban J connectivity index is 3.01. The molecule has 0 fully saturated rings. The standard InChI is InChI=1S/C26H39F3O5/c1-9-18(10-2)23(33-20-13-11-19(12-14-20)26(27,28)29)17(5)32-24(31)21(16(3)4)15-22(30)34-25(6,7)8/h11-14,16-18,21,23H,9-10,15H2,1-8H3/t17-,21-,23-/m0/s1. The fraction of sp³-hybridized carbons (Fsp3) is 0.692. The van der Waals surface area contributed by atoms with Crippen LogP contribution in [0.4, 0.5) is 13.2 Å². The number of carbonyl (C=O) groups is 2. The third kappa shape index (κ3) is 9.55. The molecule has 3 atom stereocenters. The molecule has 8 heteroatoms. The van der Waals surface area contributed by atoms with Crippen LogP contribution in [0, 0.1) is 17.8 Å². The topological polar surface area (TPSA) is 61.8 Å². The zero-order chi connectivity index (χ0) is 26.3. The lowest BCUT2D eigenvalue weighted by atomic mass is 9.91. The number of ether oxygens (including phenoxy) is 3. The Morgan fingerprint density at radius 3 is 1.88 bits per heavy atom. The van der Waals surface area contributed by atoms with E-state index in [-0.39, 0.29) is 24.0 Å². The van der Waals surface area contributed by atoms with Gasteiger partial charge in [-0.2, -0.15) is 13.2 Å². The fourth-order valence-corrected chi connectivity index (χ4v) is 3.70. The minimum Gasteiger partial charge on any atom is -0.486 e. The molecule has 0 N–H and O–H groups in total. The molecule has 1 aromatic carbocycles. The van der Waals surface area contributed by atoms with Crippen LogP contribution in [0.25, 0.3) is 0 Å². The van der Waals surface area contributed by atoms with Crippen LogP contribution in [0.3, 0.4) is 0 Å². The van der Waals surface area contributed by atoms with E-state index >= 15 is 0 Å². The largest absolute Gasteiger partial charge is 0.486 e. The third-order valence-corrected chi connectivity index (χ3v) is 5.65. The molecule has 0 aliphatic rings. The van der Waals surface area contributed by atoms with Gasteiger partial charge in [-0.15, -0.1) is 0 Å². The van der Waals surface area contributed by atoms with Crippen LogP contribution >= 0.6 is 0 Å². The zero-order valence-corrected chi connectivity index (χ0v) is 21.5. The highest BCUT2D eigenvalue weighted by Gasteiger charge is 2.35. The quantitative estimate of drug-likeness (QED) is 0.320. The van der Waals surface area contributed by atoms with E-state index in [1.54, 1.807) is 27.7 Å². The van der Waals surface area contributed by atoms with Crippen LogP contribution in [-0.4, -0.2) is 29.7 Å². The van der Waals surface area contributed by atoms with Crippen molar-refractivity contribution in [2.75, 3.05) is 0 Å². The molecular formula is C26H39F3O5. The lowest BCUT2D eigenvalue weighted by Crippen LogP contribution is -2.41. The highest BCUT2D eigenvalue weighted by molar-refractivity contribution is 5.80. The van der Waals surface area contributed by atoms with Crippen molar-refractivity contribution in [3.8, 4) is 5.75 Å². The van der Waals surface area contributed by atoms with Crippen molar-refractivity contribution in [3.63, 3.8) is 0 Å². The molecule has 0 heterocycles. The molecule has 5 nitrogen and oxygen atoms in total. The zero-order valence-electron chi connectivity index (χ0n) is 21.5. The first kappa shape index (κ1) is 29.8. The van der Waals surface area contributed by atoms with Gasteiger partial charge in [0.2, 0.25) is 0 Å². The van der Waals surface area contributed by atoms with Crippen LogP contribution in [0.1, 0.15) is 80.2 Å². The molecule has 0 radical (unpaired) electrons. The average molecular weight is 489 g/mol. The van der Waals surface area contributed by atoms with Gasteiger partial charge < -0.3 is 14.2 Å². The summed E-state index contributed by atoms with van der Waals surface area (Å²) in [6.45, 7) is 14.6. The minimum atomic E-state index is -4.43. The summed E-state index contributed by atoms with van der Waals surface area (Å²) in [7, 11) is 0. The van der Waals surface area contributed by atoms with Crippen LogP contribution in [0.15, 0.2) is 24.3 Å². The second-order valence-corrected chi connectivity index (χ2v) is 9.96. The summed E-state index contributed by atoms with van der Waals surface area (Å²) in [5.74, 6) is -1.58. The van der Waals surface area contributed by atoms with Gasteiger partial charge in [-0.25, -0.2) is 0 Å². The van der Waals surface area contributed by atoms with Gasteiger partial charge in [-0.05, 0) is 76.6 Å². The van der Waals surface area contributed by atoms with Gasteiger partial charge in [0, 0.05) is 0 Å². The van der Waals surface area contributed by atoms with Gasteiger partial charge >= 0.3 is 18.1 Å². The molecule has 1 aromatic rings. The highest BCUT2D eigenvalue weighted by atomic mass is 19.4. The number of hydrogen-bond donors (Lipinski definition) is 0. The Bertz CT molecular complexity index is 777. The number of benzene rings is 1. The van der Waals surface area contributed by atoms with Crippen molar-refractivity contribution < 1.29 is 37.0 Å². The van der Waals surface area contributed by atoms with Crippen molar-refractivity contribution in [2.24, 2.45) is 17.8 Å². The van der Waals surface area contributed by atoms with Crippen molar-refractivity contribution in [2.45, 2.75) is 98.6 Å². The number of carbonyl (C=O) groups excluding carboxylic acids is 2. The van der Waals surface area contributed by atoms with Gasteiger partial charge in [0.25, 0.3) is 0 Å².